The molecule has 0 aliphatic rings. The van der Waals surface area contributed by atoms with E-state index >= 15 is 0 Å². The predicted molar refractivity (Wildman–Crippen MR) is 120 cm³/mol. The van der Waals surface area contributed by atoms with Gasteiger partial charge in [0.05, 0.1) is 11.4 Å². The van der Waals surface area contributed by atoms with Crippen molar-refractivity contribution < 1.29 is 14.3 Å². The standard InChI is InChI=1S/C24H26N2O3S/c1-16-12-17(2)23(18(3)13-16)26(19(4)27)24-25-21(15-30-24)14-29-22(28)11-10-20-8-6-5-7-9-20/h5-9,12-13,15H,10-11,14H2,1-4H3. The highest BCUT2D eigenvalue weighted by Gasteiger charge is 2.22. The number of aromatic nitrogens is 1. The van der Waals surface area contributed by atoms with Crippen LogP contribution in [0.15, 0.2) is 47.8 Å². The lowest BCUT2D eigenvalue weighted by Gasteiger charge is -2.23. The van der Waals surface area contributed by atoms with Crippen LogP contribution < -0.4 is 4.90 Å². The summed E-state index contributed by atoms with van der Waals surface area (Å²) in [6.45, 7) is 7.66. The van der Waals surface area contributed by atoms with Crippen molar-refractivity contribution in [2.75, 3.05) is 4.90 Å². The summed E-state index contributed by atoms with van der Waals surface area (Å²) < 4.78 is 5.37. The van der Waals surface area contributed by atoms with Gasteiger partial charge in [-0.1, -0.05) is 48.0 Å². The first-order valence-electron chi connectivity index (χ1n) is 9.87. The van der Waals surface area contributed by atoms with Crippen molar-refractivity contribution in [3.8, 4) is 0 Å². The lowest BCUT2D eigenvalue weighted by atomic mass is 10.0. The molecule has 0 N–H and O–H groups in total. The number of esters is 1. The van der Waals surface area contributed by atoms with E-state index in [-0.39, 0.29) is 18.5 Å². The summed E-state index contributed by atoms with van der Waals surface area (Å²) in [7, 11) is 0. The Labute approximate surface area is 181 Å². The molecule has 3 rings (SSSR count). The number of ether oxygens (including phenoxy) is 1. The van der Waals surface area contributed by atoms with Crippen molar-refractivity contribution >= 4 is 34.0 Å². The minimum absolute atomic E-state index is 0.0989. The topological polar surface area (TPSA) is 59.5 Å². The van der Waals surface area contributed by atoms with Gasteiger partial charge >= 0.3 is 5.97 Å². The van der Waals surface area contributed by atoms with Gasteiger partial charge in [0.15, 0.2) is 5.13 Å². The first-order valence-corrected chi connectivity index (χ1v) is 10.8. The third-order valence-electron chi connectivity index (χ3n) is 4.75. The average molecular weight is 423 g/mol. The Morgan fingerprint density at radius 1 is 1.07 bits per heavy atom. The third-order valence-corrected chi connectivity index (χ3v) is 5.62. The van der Waals surface area contributed by atoms with Crippen LogP contribution in [0.25, 0.3) is 0 Å². The Bertz CT molecular complexity index is 1020. The molecule has 0 aliphatic carbocycles. The van der Waals surface area contributed by atoms with Gasteiger partial charge in [-0.05, 0) is 43.9 Å². The molecule has 156 valence electrons. The molecule has 6 heteroatoms. The van der Waals surface area contributed by atoms with Crippen molar-refractivity contribution in [1.82, 2.24) is 4.98 Å². The summed E-state index contributed by atoms with van der Waals surface area (Å²) in [6.07, 6.45) is 0.967. The first-order chi connectivity index (χ1) is 14.3. The predicted octanol–water partition coefficient (Wildman–Crippen LogP) is 5.43. The highest BCUT2D eigenvalue weighted by Crippen LogP contribution is 2.34. The Morgan fingerprint density at radius 3 is 2.37 bits per heavy atom. The fourth-order valence-electron chi connectivity index (χ4n) is 3.50. The molecule has 1 aromatic heterocycles. The van der Waals surface area contributed by atoms with Crippen molar-refractivity contribution in [3.05, 3.63) is 75.8 Å². The number of hydrogen-bond acceptors (Lipinski definition) is 5. The van der Waals surface area contributed by atoms with Crippen LogP contribution in [0.4, 0.5) is 10.8 Å². The van der Waals surface area contributed by atoms with Gasteiger partial charge in [-0.15, -0.1) is 11.3 Å². The Kier molecular flexibility index (Phi) is 7.00. The van der Waals surface area contributed by atoms with Gasteiger partial charge in [-0.2, -0.15) is 0 Å². The number of anilines is 2. The van der Waals surface area contributed by atoms with Crippen LogP contribution in [0.1, 0.15) is 41.3 Å². The minimum atomic E-state index is -0.262. The number of nitrogens with zero attached hydrogens (tertiary/aromatic N) is 2. The number of carbonyl (C=O) groups is 2. The molecule has 0 saturated carbocycles. The van der Waals surface area contributed by atoms with Crippen LogP contribution in [-0.4, -0.2) is 16.9 Å². The number of hydrogen-bond donors (Lipinski definition) is 0. The maximum atomic E-state index is 12.4. The second-order valence-corrected chi connectivity index (χ2v) is 8.21. The second kappa shape index (κ2) is 9.67. The Balaban J connectivity index is 1.67. The van der Waals surface area contributed by atoms with Crippen molar-refractivity contribution in [2.45, 2.75) is 47.1 Å². The number of benzene rings is 2. The monoisotopic (exact) mass is 422 g/mol. The molecule has 5 nitrogen and oxygen atoms in total. The van der Waals surface area contributed by atoms with Crippen LogP contribution in [0.2, 0.25) is 0 Å². The molecule has 2 aromatic carbocycles. The van der Waals surface area contributed by atoms with Crippen LogP contribution >= 0.6 is 11.3 Å². The van der Waals surface area contributed by atoms with Crippen LogP contribution in [0, 0.1) is 20.8 Å². The molecule has 1 amide bonds. The summed E-state index contributed by atoms with van der Waals surface area (Å²) in [4.78, 5) is 30.7. The second-order valence-electron chi connectivity index (χ2n) is 7.37. The van der Waals surface area contributed by atoms with E-state index in [0.29, 0.717) is 23.7 Å². The first kappa shape index (κ1) is 21.7. The Morgan fingerprint density at radius 2 is 1.73 bits per heavy atom. The normalized spacial score (nSPS) is 10.7. The van der Waals surface area contributed by atoms with E-state index in [2.05, 4.69) is 17.1 Å². The van der Waals surface area contributed by atoms with Crippen molar-refractivity contribution in [3.63, 3.8) is 0 Å². The molecule has 0 unspecified atom stereocenters. The van der Waals surface area contributed by atoms with Crippen molar-refractivity contribution in [2.24, 2.45) is 0 Å². The third kappa shape index (κ3) is 5.33. The molecule has 0 fully saturated rings. The number of rotatable bonds is 7. The number of aryl methyl sites for hydroxylation is 4. The highest BCUT2D eigenvalue weighted by molar-refractivity contribution is 7.14. The van der Waals surface area contributed by atoms with Crippen molar-refractivity contribution in [1.29, 1.82) is 0 Å². The smallest absolute Gasteiger partial charge is 0.306 e. The number of carbonyl (C=O) groups excluding carboxylic acids is 2. The average Bonchev–Trinajstić information content (AvgIpc) is 3.16. The van der Waals surface area contributed by atoms with E-state index in [4.69, 9.17) is 4.74 Å². The van der Waals surface area contributed by atoms with Crippen LogP contribution in [0.3, 0.4) is 0 Å². The fraction of sp³-hybridized carbons (Fsp3) is 0.292. The van der Waals surface area contributed by atoms with Crippen LogP contribution in [-0.2, 0) is 27.4 Å². The van der Waals surface area contributed by atoms with E-state index in [1.54, 1.807) is 4.90 Å². The van der Waals surface area contributed by atoms with E-state index in [1.807, 2.05) is 56.5 Å². The quantitative estimate of drug-likeness (QED) is 0.477. The summed E-state index contributed by atoms with van der Waals surface area (Å²) in [6, 6.07) is 14.0. The van der Waals surface area contributed by atoms with Gasteiger partial charge < -0.3 is 4.74 Å². The highest BCUT2D eigenvalue weighted by atomic mass is 32.1. The fourth-order valence-corrected chi connectivity index (χ4v) is 4.35. The number of thiazole rings is 1. The lowest BCUT2D eigenvalue weighted by molar-refractivity contribution is -0.145. The minimum Gasteiger partial charge on any atom is -0.459 e. The van der Waals surface area contributed by atoms with E-state index in [0.717, 1.165) is 27.9 Å². The molecule has 0 saturated heterocycles. The Hall–Kier alpha value is -2.99. The molecular formula is C24H26N2O3S. The maximum absolute atomic E-state index is 12.4. The van der Waals surface area contributed by atoms with Gasteiger partial charge in [0.2, 0.25) is 5.91 Å². The van der Waals surface area contributed by atoms with E-state index in [1.165, 1.54) is 18.3 Å². The zero-order valence-corrected chi connectivity index (χ0v) is 18.6. The largest absolute Gasteiger partial charge is 0.459 e. The summed E-state index contributed by atoms with van der Waals surface area (Å²) in [5.41, 5.74) is 5.79. The summed E-state index contributed by atoms with van der Waals surface area (Å²) in [5, 5.41) is 2.40. The molecule has 0 atom stereocenters. The van der Waals surface area contributed by atoms with Gasteiger partial charge in [0.25, 0.3) is 0 Å². The zero-order chi connectivity index (χ0) is 21.7. The van der Waals surface area contributed by atoms with Gasteiger partial charge in [0.1, 0.15) is 6.61 Å². The summed E-state index contributed by atoms with van der Waals surface area (Å²) in [5.74, 6) is -0.368. The molecule has 30 heavy (non-hydrogen) atoms. The molecule has 3 aromatic rings. The van der Waals surface area contributed by atoms with Gasteiger partial charge in [-0.25, -0.2) is 4.98 Å². The zero-order valence-electron chi connectivity index (χ0n) is 17.8. The molecule has 0 aliphatic heterocycles. The molecule has 0 radical (unpaired) electrons. The van der Waals surface area contributed by atoms with Crippen LogP contribution in [0.5, 0.6) is 0 Å². The molecule has 0 bridgehead atoms. The van der Waals surface area contributed by atoms with E-state index < -0.39 is 0 Å². The molecule has 1 heterocycles. The summed E-state index contributed by atoms with van der Waals surface area (Å²) >= 11 is 1.37. The van der Waals surface area contributed by atoms with Gasteiger partial charge in [0, 0.05) is 18.7 Å². The molecule has 0 spiro atoms. The van der Waals surface area contributed by atoms with Gasteiger partial charge in [-0.3, -0.25) is 14.5 Å². The maximum Gasteiger partial charge on any atom is 0.306 e. The van der Waals surface area contributed by atoms with E-state index in [9.17, 15) is 9.59 Å². The number of amides is 1. The molecular weight excluding hydrogens is 396 g/mol. The lowest BCUT2D eigenvalue weighted by Crippen LogP contribution is -2.24. The SMILES string of the molecule is CC(=O)N(c1nc(COC(=O)CCc2ccccc2)cs1)c1c(C)cc(C)cc1C.